The third kappa shape index (κ3) is 4.76. The van der Waals surface area contributed by atoms with Crippen LogP contribution in [0.25, 0.3) is 32.4 Å². The minimum atomic E-state index is -0.244. The predicted molar refractivity (Wildman–Crippen MR) is 145 cm³/mol. The highest BCUT2D eigenvalue weighted by Gasteiger charge is 2.16. The van der Waals surface area contributed by atoms with E-state index < -0.39 is 0 Å². The van der Waals surface area contributed by atoms with Gasteiger partial charge < -0.3 is 15.4 Å². The van der Waals surface area contributed by atoms with Crippen LogP contribution >= 0.6 is 11.3 Å². The Morgan fingerprint density at radius 3 is 2.42 bits per heavy atom. The Bertz CT molecular complexity index is 1590. The van der Waals surface area contributed by atoms with Crippen molar-refractivity contribution >= 4 is 55.1 Å². The van der Waals surface area contributed by atoms with E-state index in [0.29, 0.717) is 27.6 Å². The first-order chi connectivity index (χ1) is 17.4. The molecule has 5 rings (SSSR count). The number of thiazole rings is 1. The second kappa shape index (κ2) is 9.75. The van der Waals surface area contributed by atoms with Crippen molar-refractivity contribution in [2.24, 2.45) is 5.92 Å². The number of aromatic nitrogens is 2. The summed E-state index contributed by atoms with van der Waals surface area (Å²) in [6, 6.07) is 22.5. The molecule has 0 unspecified atom stereocenters. The molecule has 0 saturated carbocycles. The summed E-state index contributed by atoms with van der Waals surface area (Å²) in [6.45, 7) is 3.66. The number of para-hydroxylation sites is 1. The smallest absolute Gasteiger partial charge is 0.256 e. The first kappa shape index (κ1) is 23.4. The number of pyridine rings is 1. The molecule has 7 nitrogen and oxygen atoms in total. The van der Waals surface area contributed by atoms with E-state index in [-0.39, 0.29) is 17.7 Å². The van der Waals surface area contributed by atoms with Gasteiger partial charge >= 0.3 is 0 Å². The Labute approximate surface area is 212 Å². The summed E-state index contributed by atoms with van der Waals surface area (Å²) in [7, 11) is 1.62. The monoisotopic (exact) mass is 496 g/mol. The number of benzene rings is 3. The molecule has 3 aromatic carbocycles. The molecule has 2 heterocycles. The Morgan fingerprint density at radius 1 is 0.889 bits per heavy atom. The number of hydrogen-bond donors (Lipinski definition) is 2. The van der Waals surface area contributed by atoms with Gasteiger partial charge in [-0.05, 0) is 54.6 Å². The zero-order chi connectivity index (χ0) is 25.2. The van der Waals surface area contributed by atoms with Crippen molar-refractivity contribution in [2.45, 2.75) is 13.8 Å². The summed E-state index contributed by atoms with van der Waals surface area (Å²) in [4.78, 5) is 34.7. The van der Waals surface area contributed by atoms with Gasteiger partial charge in [-0.3, -0.25) is 9.59 Å². The third-order valence-corrected chi connectivity index (χ3v) is 6.70. The molecule has 0 fully saturated rings. The molecule has 2 amide bonds. The molecule has 2 aromatic heterocycles. The van der Waals surface area contributed by atoms with E-state index in [1.807, 2.05) is 80.6 Å². The van der Waals surface area contributed by atoms with Crippen molar-refractivity contribution in [3.63, 3.8) is 0 Å². The molecule has 0 bridgehead atoms. The van der Waals surface area contributed by atoms with E-state index in [2.05, 4.69) is 15.6 Å². The molecule has 0 aliphatic carbocycles. The summed E-state index contributed by atoms with van der Waals surface area (Å²) < 4.78 is 6.17. The Morgan fingerprint density at radius 2 is 1.67 bits per heavy atom. The molecule has 0 atom stereocenters. The zero-order valence-electron chi connectivity index (χ0n) is 20.0. The van der Waals surface area contributed by atoms with Crippen LogP contribution in [0.3, 0.4) is 0 Å². The maximum atomic E-state index is 13.4. The first-order valence-electron chi connectivity index (χ1n) is 11.5. The fourth-order valence-corrected chi connectivity index (χ4v) is 4.63. The van der Waals surface area contributed by atoms with Gasteiger partial charge in [0, 0.05) is 22.6 Å². The summed E-state index contributed by atoms with van der Waals surface area (Å²) in [5, 5.41) is 7.13. The summed E-state index contributed by atoms with van der Waals surface area (Å²) in [5.74, 6) is 0.290. The number of anilines is 2. The van der Waals surface area contributed by atoms with Crippen LogP contribution in [0.5, 0.6) is 5.75 Å². The average Bonchev–Trinajstić information content (AvgIpc) is 3.29. The fourth-order valence-electron chi connectivity index (χ4n) is 3.78. The lowest BCUT2D eigenvalue weighted by atomic mass is 10.0. The summed E-state index contributed by atoms with van der Waals surface area (Å²) >= 11 is 1.40. The van der Waals surface area contributed by atoms with Crippen LogP contribution in [0, 0.1) is 5.92 Å². The number of fused-ring (bicyclic) bond motifs is 2. The largest absolute Gasteiger partial charge is 0.497 e. The van der Waals surface area contributed by atoms with Gasteiger partial charge in [0.25, 0.3) is 5.91 Å². The van der Waals surface area contributed by atoms with Crippen molar-refractivity contribution in [1.29, 1.82) is 0 Å². The molecule has 2 N–H and O–H groups in total. The van der Waals surface area contributed by atoms with Crippen LogP contribution in [0.15, 0.2) is 72.8 Å². The lowest BCUT2D eigenvalue weighted by Gasteiger charge is -2.11. The maximum absolute atomic E-state index is 13.4. The molecule has 0 radical (unpaired) electrons. The Balaban J connectivity index is 1.46. The normalized spacial score (nSPS) is 11.1. The van der Waals surface area contributed by atoms with Crippen molar-refractivity contribution in [3.05, 3.63) is 78.4 Å². The van der Waals surface area contributed by atoms with Gasteiger partial charge in [0.1, 0.15) is 5.75 Å². The van der Waals surface area contributed by atoms with Gasteiger partial charge in [0.05, 0.1) is 34.1 Å². The van der Waals surface area contributed by atoms with Gasteiger partial charge in [0.15, 0.2) is 5.13 Å². The van der Waals surface area contributed by atoms with Crippen molar-refractivity contribution in [1.82, 2.24) is 9.97 Å². The predicted octanol–water partition coefficient (Wildman–Crippen LogP) is 6.37. The Kier molecular flexibility index (Phi) is 6.35. The minimum absolute atomic E-state index is 0.0835. The molecule has 36 heavy (non-hydrogen) atoms. The molecule has 0 aliphatic rings. The highest BCUT2D eigenvalue weighted by atomic mass is 32.1. The van der Waals surface area contributed by atoms with Crippen LogP contribution in [0.4, 0.5) is 10.8 Å². The SMILES string of the molecule is COc1ccc(-c2cc(C(=O)Nc3ccc4sc(NC(=O)C(C)C)nc4c3)c3ccccc3n2)cc1. The first-order valence-corrected chi connectivity index (χ1v) is 12.3. The molecule has 0 aliphatic heterocycles. The van der Waals surface area contributed by atoms with Gasteiger partial charge in [-0.1, -0.05) is 43.4 Å². The van der Waals surface area contributed by atoms with E-state index in [9.17, 15) is 9.59 Å². The number of amides is 2. The van der Waals surface area contributed by atoms with Gasteiger partial charge in [0.2, 0.25) is 5.91 Å². The number of methoxy groups -OCH3 is 1. The van der Waals surface area contributed by atoms with Crippen LogP contribution in [-0.2, 0) is 4.79 Å². The molecule has 8 heteroatoms. The number of carbonyl (C=O) groups is 2. The zero-order valence-corrected chi connectivity index (χ0v) is 20.8. The summed E-state index contributed by atoms with van der Waals surface area (Å²) in [6.07, 6.45) is 0. The molecule has 5 aromatic rings. The number of rotatable bonds is 6. The number of carbonyl (C=O) groups excluding carboxylic acids is 2. The molecular formula is C28H24N4O3S. The standard InChI is InChI=1S/C28H24N4O3S/c1-16(2)26(33)32-28-31-24-14-18(10-13-25(24)36-28)29-27(34)21-15-23(17-8-11-19(35-3)12-9-17)30-22-7-5-4-6-20(21)22/h4-16H,1-3H3,(H,29,34)(H,31,32,33). The fraction of sp³-hybridized carbons (Fsp3) is 0.143. The lowest BCUT2D eigenvalue weighted by molar-refractivity contribution is -0.118. The van der Waals surface area contributed by atoms with Crippen LogP contribution in [0.2, 0.25) is 0 Å². The van der Waals surface area contributed by atoms with Gasteiger partial charge in [-0.2, -0.15) is 0 Å². The number of nitrogens with zero attached hydrogens (tertiary/aromatic N) is 2. The van der Waals surface area contributed by atoms with E-state index in [4.69, 9.17) is 9.72 Å². The molecule has 0 spiro atoms. The molecule has 180 valence electrons. The van der Waals surface area contributed by atoms with E-state index >= 15 is 0 Å². The highest BCUT2D eigenvalue weighted by Crippen LogP contribution is 2.30. The van der Waals surface area contributed by atoms with Crippen molar-refractivity contribution in [3.8, 4) is 17.0 Å². The number of ether oxygens (including phenoxy) is 1. The second-order valence-corrected chi connectivity index (χ2v) is 9.63. The maximum Gasteiger partial charge on any atom is 0.256 e. The lowest BCUT2D eigenvalue weighted by Crippen LogP contribution is -2.17. The van der Waals surface area contributed by atoms with Crippen molar-refractivity contribution < 1.29 is 14.3 Å². The average molecular weight is 497 g/mol. The topological polar surface area (TPSA) is 93.2 Å². The second-order valence-electron chi connectivity index (χ2n) is 8.60. The molecule has 0 saturated heterocycles. The van der Waals surface area contributed by atoms with Crippen molar-refractivity contribution in [2.75, 3.05) is 17.7 Å². The van der Waals surface area contributed by atoms with Gasteiger partial charge in [-0.15, -0.1) is 0 Å². The Hall–Kier alpha value is -4.30. The third-order valence-electron chi connectivity index (χ3n) is 5.75. The van der Waals surface area contributed by atoms with Crippen LogP contribution in [0.1, 0.15) is 24.2 Å². The van der Waals surface area contributed by atoms with Crippen LogP contribution < -0.4 is 15.4 Å². The van der Waals surface area contributed by atoms with Gasteiger partial charge in [-0.25, -0.2) is 9.97 Å². The van der Waals surface area contributed by atoms with E-state index in [1.54, 1.807) is 13.2 Å². The van der Waals surface area contributed by atoms with Crippen LogP contribution in [-0.4, -0.2) is 28.9 Å². The highest BCUT2D eigenvalue weighted by molar-refractivity contribution is 7.22. The number of nitrogens with one attached hydrogen (secondary N) is 2. The molecular weight excluding hydrogens is 472 g/mol. The minimum Gasteiger partial charge on any atom is -0.497 e. The quantitative estimate of drug-likeness (QED) is 0.285. The van der Waals surface area contributed by atoms with E-state index in [0.717, 1.165) is 26.9 Å². The summed E-state index contributed by atoms with van der Waals surface area (Å²) in [5.41, 5.74) is 4.16. The number of hydrogen-bond acceptors (Lipinski definition) is 6. The van der Waals surface area contributed by atoms with E-state index in [1.165, 1.54) is 11.3 Å².